The van der Waals surface area contributed by atoms with E-state index in [1.807, 2.05) is 25.1 Å². The zero-order valence-corrected chi connectivity index (χ0v) is 10.7. The molecule has 0 saturated carbocycles. The van der Waals surface area contributed by atoms with Crippen LogP contribution >= 0.6 is 0 Å². The first kappa shape index (κ1) is 12.6. The Balaban J connectivity index is 2.55. The zero-order valence-electron chi connectivity index (χ0n) is 10.7. The predicted octanol–water partition coefficient (Wildman–Crippen LogP) is 3.12. The van der Waals surface area contributed by atoms with Gasteiger partial charge in [-0.15, -0.1) is 0 Å². The number of hydrogen-bond donors (Lipinski definition) is 1. The van der Waals surface area contributed by atoms with Crippen LogP contribution in [0.4, 0.5) is 0 Å². The number of aromatic nitrogens is 1. The highest BCUT2D eigenvalue weighted by Gasteiger charge is 2.08. The number of para-hydroxylation sites is 1. The lowest BCUT2D eigenvalue weighted by Crippen LogP contribution is -2.00. The van der Waals surface area contributed by atoms with Crippen LogP contribution in [0.25, 0.3) is 10.9 Å². The number of aliphatic carboxylic acids is 1. The number of aryl methyl sites for hydroxylation is 3. The van der Waals surface area contributed by atoms with Gasteiger partial charge < -0.3 is 5.11 Å². The van der Waals surface area contributed by atoms with Crippen LogP contribution in [0.2, 0.25) is 0 Å². The molecule has 0 saturated heterocycles. The Hall–Kier alpha value is -1.90. The van der Waals surface area contributed by atoms with Crippen LogP contribution in [0.1, 0.15) is 30.2 Å². The van der Waals surface area contributed by atoms with Crippen molar-refractivity contribution in [3.05, 3.63) is 41.1 Å². The van der Waals surface area contributed by atoms with Crippen LogP contribution < -0.4 is 0 Å². The third-order valence-corrected chi connectivity index (χ3v) is 3.13. The first-order valence-corrected chi connectivity index (χ1v) is 6.21. The summed E-state index contributed by atoms with van der Waals surface area (Å²) < 4.78 is 0. The summed E-state index contributed by atoms with van der Waals surface area (Å²) in [5, 5.41) is 9.89. The molecule has 0 spiro atoms. The molecule has 1 N–H and O–H groups in total. The van der Waals surface area contributed by atoms with Crippen molar-refractivity contribution in [2.45, 2.75) is 33.1 Å². The SMILES string of the molecule is CCc1cccc2c(CCC(=O)O)cc(C)nc12. The molecule has 0 atom stereocenters. The number of carbonyl (C=O) groups is 1. The van der Waals surface area contributed by atoms with Crippen molar-refractivity contribution in [2.24, 2.45) is 0 Å². The van der Waals surface area contributed by atoms with Gasteiger partial charge in [-0.1, -0.05) is 25.1 Å². The highest BCUT2D eigenvalue weighted by Crippen LogP contribution is 2.23. The quantitative estimate of drug-likeness (QED) is 0.897. The maximum absolute atomic E-state index is 10.7. The molecule has 3 nitrogen and oxygen atoms in total. The molecule has 1 aromatic carbocycles. The van der Waals surface area contributed by atoms with E-state index in [1.54, 1.807) is 0 Å². The topological polar surface area (TPSA) is 50.2 Å². The Morgan fingerprint density at radius 2 is 2.11 bits per heavy atom. The molecule has 0 unspecified atom stereocenters. The van der Waals surface area contributed by atoms with Crippen LogP contribution in [0, 0.1) is 6.92 Å². The lowest BCUT2D eigenvalue weighted by Gasteiger charge is -2.09. The molecule has 1 heterocycles. The summed E-state index contributed by atoms with van der Waals surface area (Å²) in [5.74, 6) is -0.760. The van der Waals surface area contributed by atoms with Gasteiger partial charge in [0, 0.05) is 17.5 Å². The molecule has 2 aromatic rings. The fourth-order valence-corrected chi connectivity index (χ4v) is 2.25. The molecule has 0 fully saturated rings. The minimum Gasteiger partial charge on any atom is -0.481 e. The van der Waals surface area contributed by atoms with Gasteiger partial charge in [-0.3, -0.25) is 9.78 Å². The largest absolute Gasteiger partial charge is 0.481 e. The van der Waals surface area contributed by atoms with E-state index in [0.29, 0.717) is 6.42 Å². The third-order valence-electron chi connectivity index (χ3n) is 3.13. The number of carboxylic acid groups (broad SMARTS) is 1. The molecular weight excluding hydrogens is 226 g/mol. The molecule has 1 aromatic heterocycles. The number of rotatable bonds is 4. The average molecular weight is 243 g/mol. The fourth-order valence-electron chi connectivity index (χ4n) is 2.25. The predicted molar refractivity (Wildman–Crippen MR) is 71.8 cm³/mol. The monoisotopic (exact) mass is 243 g/mol. The number of hydrogen-bond acceptors (Lipinski definition) is 2. The van der Waals surface area contributed by atoms with Crippen molar-refractivity contribution in [3.63, 3.8) is 0 Å². The van der Waals surface area contributed by atoms with Crippen LogP contribution in [-0.2, 0) is 17.6 Å². The van der Waals surface area contributed by atoms with Gasteiger partial charge in [-0.2, -0.15) is 0 Å². The lowest BCUT2D eigenvalue weighted by molar-refractivity contribution is -0.136. The van der Waals surface area contributed by atoms with Gasteiger partial charge in [0.1, 0.15) is 0 Å². The Bertz CT molecular complexity index is 590. The molecule has 3 heteroatoms. The first-order chi connectivity index (χ1) is 8.61. The lowest BCUT2D eigenvalue weighted by atomic mass is 10.00. The van der Waals surface area contributed by atoms with E-state index in [2.05, 4.69) is 18.0 Å². The molecule has 2 rings (SSSR count). The summed E-state index contributed by atoms with van der Waals surface area (Å²) in [7, 11) is 0. The van der Waals surface area contributed by atoms with Crippen molar-refractivity contribution in [1.82, 2.24) is 4.98 Å². The Morgan fingerprint density at radius 1 is 1.33 bits per heavy atom. The summed E-state index contributed by atoms with van der Waals surface area (Å²) >= 11 is 0. The van der Waals surface area contributed by atoms with E-state index in [1.165, 1.54) is 5.56 Å². The summed E-state index contributed by atoms with van der Waals surface area (Å²) in [4.78, 5) is 15.3. The van der Waals surface area contributed by atoms with Gasteiger partial charge in [-0.05, 0) is 37.0 Å². The number of nitrogens with zero attached hydrogens (tertiary/aromatic N) is 1. The highest BCUT2D eigenvalue weighted by molar-refractivity contribution is 5.85. The molecular formula is C15H17NO2. The Labute approximate surface area is 106 Å². The zero-order chi connectivity index (χ0) is 13.1. The van der Waals surface area contributed by atoms with E-state index in [4.69, 9.17) is 5.11 Å². The minimum atomic E-state index is -0.760. The fraction of sp³-hybridized carbons (Fsp3) is 0.333. The van der Waals surface area contributed by atoms with Gasteiger partial charge >= 0.3 is 5.97 Å². The molecule has 0 amide bonds. The Morgan fingerprint density at radius 3 is 2.78 bits per heavy atom. The first-order valence-electron chi connectivity index (χ1n) is 6.21. The van der Waals surface area contributed by atoms with Gasteiger partial charge in [0.25, 0.3) is 0 Å². The molecule has 0 radical (unpaired) electrons. The number of fused-ring (bicyclic) bond motifs is 1. The van der Waals surface area contributed by atoms with Crippen molar-refractivity contribution < 1.29 is 9.90 Å². The average Bonchev–Trinajstić information content (AvgIpc) is 2.35. The van der Waals surface area contributed by atoms with Crippen LogP contribution in [-0.4, -0.2) is 16.1 Å². The maximum atomic E-state index is 10.7. The van der Waals surface area contributed by atoms with Gasteiger partial charge in [0.2, 0.25) is 0 Å². The standard InChI is InChI=1S/C15H17NO2/c1-3-11-5-4-6-13-12(7-8-14(17)18)9-10(2)16-15(11)13/h4-6,9H,3,7-8H2,1-2H3,(H,17,18). The van der Waals surface area contributed by atoms with Crippen LogP contribution in [0.5, 0.6) is 0 Å². The second kappa shape index (κ2) is 5.17. The van der Waals surface area contributed by atoms with Crippen molar-refractivity contribution >= 4 is 16.9 Å². The summed E-state index contributed by atoms with van der Waals surface area (Å²) in [6.07, 6.45) is 1.66. The van der Waals surface area contributed by atoms with Crippen LogP contribution in [0.15, 0.2) is 24.3 Å². The molecule has 0 aliphatic heterocycles. The Kier molecular flexibility index (Phi) is 3.60. The second-order valence-corrected chi connectivity index (χ2v) is 4.48. The second-order valence-electron chi connectivity index (χ2n) is 4.48. The van der Waals surface area contributed by atoms with Gasteiger partial charge in [0.05, 0.1) is 5.52 Å². The highest BCUT2D eigenvalue weighted by atomic mass is 16.4. The third kappa shape index (κ3) is 2.50. The van der Waals surface area contributed by atoms with Gasteiger partial charge in [0.15, 0.2) is 0 Å². The minimum absolute atomic E-state index is 0.162. The van der Waals surface area contributed by atoms with E-state index in [-0.39, 0.29) is 6.42 Å². The molecule has 0 bridgehead atoms. The van der Waals surface area contributed by atoms with E-state index in [0.717, 1.165) is 28.6 Å². The van der Waals surface area contributed by atoms with Crippen molar-refractivity contribution in [2.75, 3.05) is 0 Å². The molecule has 0 aliphatic carbocycles. The summed E-state index contributed by atoms with van der Waals surface area (Å²) in [6.45, 7) is 4.06. The van der Waals surface area contributed by atoms with Crippen molar-refractivity contribution in [3.8, 4) is 0 Å². The van der Waals surface area contributed by atoms with Crippen molar-refractivity contribution in [1.29, 1.82) is 0 Å². The summed E-state index contributed by atoms with van der Waals surface area (Å²) in [6, 6.07) is 8.11. The normalized spacial score (nSPS) is 10.8. The molecule has 94 valence electrons. The number of pyridine rings is 1. The van der Waals surface area contributed by atoms with Crippen LogP contribution in [0.3, 0.4) is 0 Å². The number of benzene rings is 1. The van der Waals surface area contributed by atoms with E-state index < -0.39 is 5.97 Å². The summed E-state index contributed by atoms with van der Waals surface area (Å²) in [5.41, 5.74) is 4.26. The van der Waals surface area contributed by atoms with E-state index in [9.17, 15) is 4.79 Å². The van der Waals surface area contributed by atoms with Gasteiger partial charge in [-0.25, -0.2) is 0 Å². The molecule has 18 heavy (non-hydrogen) atoms. The van der Waals surface area contributed by atoms with E-state index >= 15 is 0 Å². The number of carboxylic acids is 1. The molecule has 0 aliphatic rings. The maximum Gasteiger partial charge on any atom is 0.303 e. The smallest absolute Gasteiger partial charge is 0.303 e.